The number of hydrogen-bond donors (Lipinski definition) is 1. The maximum atomic E-state index is 13.0. The van der Waals surface area contributed by atoms with Crippen molar-refractivity contribution in [1.82, 2.24) is 0 Å². The molecule has 1 aliphatic carbocycles. The fourth-order valence-corrected chi connectivity index (χ4v) is 6.49. The molecule has 0 saturated carbocycles. The largest absolute Gasteiger partial charge is 0.452 e. The number of hydrogen-bond acceptors (Lipinski definition) is 6. The molecule has 0 bridgehead atoms. The molecule has 31 heavy (non-hydrogen) atoms. The summed E-state index contributed by atoms with van der Waals surface area (Å²) in [6.45, 7) is 3.84. The van der Waals surface area contributed by atoms with Crippen molar-refractivity contribution in [2.24, 2.45) is 0 Å². The summed E-state index contributed by atoms with van der Waals surface area (Å²) in [5, 5.41) is 3.70. The minimum atomic E-state index is -0.539. The molecule has 1 aromatic heterocycles. The van der Waals surface area contributed by atoms with Crippen LogP contribution in [0.3, 0.4) is 0 Å². The van der Waals surface area contributed by atoms with Gasteiger partial charge in [-0.3, -0.25) is 9.59 Å². The van der Waals surface area contributed by atoms with Crippen LogP contribution in [0.2, 0.25) is 0 Å². The predicted molar refractivity (Wildman–Crippen MR) is 124 cm³/mol. The van der Waals surface area contributed by atoms with Gasteiger partial charge in [-0.05, 0) is 49.8 Å². The molecule has 1 atom stereocenters. The zero-order valence-corrected chi connectivity index (χ0v) is 19.4. The highest BCUT2D eigenvalue weighted by Gasteiger charge is 2.29. The lowest BCUT2D eigenvalue weighted by atomic mass is 9.95. The summed E-state index contributed by atoms with van der Waals surface area (Å²) in [6.07, 6.45) is 4.63. The Morgan fingerprint density at radius 2 is 1.97 bits per heavy atom. The summed E-state index contributed by atoms with van der Waals surface area (Å²) >= 11 is 3.20. The van der Waals surface area contributed by atoms with E-state index in [1.165, 1.54) is 18.3 Å². The number of carbonyl (C=O) groups excluding carboxylic acids is 3. The van der Waals surface area contributed by atoms with Crippen LogP contribution in [-0.2, 0) is 27.2 Å². The molecule has 2 amide bonds. The number of amides is 2. The van der Waals surface area contributed by atoms with Crippen molar-refractivity contribution < 1.29 is 19.1 Å². The molecule has 2 heterocycles. The molecule has 1 N–H and O–H groups in total. The van der Waals surface area contributed by atoms with Gasteiger partial charge in [0, 0.05) is 28.5 Å². The molecule has 164 valence electrons. The third kappa shape index (κ3) is 4.80. The summed E-state index contributed by atoms with van der Waals surface area (Å²) in [6, 6.07) is 7.84. The van der Waals surface area contributed by atoms with Gasteiger partial charge in [0.15, 0.2) is 6.61 Å². The molecular weight excluding hydrogens is 432 g/mol. The lowest BCUT2D eigenvalue weighted by Gasteiger charge is -2.22. The maximum Gasteiger partial charge on any atom is 0.341 e. The van der Waals surface area contributed by atoms with E-state index in [-0.39, 0.29) is 18.4 Å². The Balaban J connectivity index is 1.51. The number of anilines is 2. The number of rotatable bonds is 4. The van der Waals surface area contributed by atoms with Crippen molar-refractivity contribution in [3.8, 4) is 0 Å². The quantitative estimate of drug-likeness (QED) is 0.675. The van der Waals surface area contributed by atoms with Gasteiger partial charge < -0.3 is 15.0 Å². The van der Waals surface area contributed by atoms with Crippen molar-refractivity contribution in [3.63, 3.8) is 0 Å². The number of fused-ring (bicyclic) bond motifs is 2. The first-order valence-electron chi connectivity index (χ1n) is 10.6. The topological polar surface area (TPSA) is 75.7 Å². The summed E-state index contributed by atoms with van der Waals surface area (Å²) in [5.41, 5.74) is 2.25. The maximum absolute atomic E-state index is 13.0. The molecule has 0 spiro atoms. The predicted octanol–water partition coefficient (Wildman–Crippen LogP) is 4.66. The third-order valence-corrected chi connectivity index (χ3v) is 7.98. The fraction of sp³-hybridized carbons (Fsp3) is 0.435. The van der Waals surface area contributed by atoms with Crippen LogP contribution < -0.4 is 10.2 Å². The summed E-state index contributed by atoms with van der Waals surface area (Å²) in [7, 11) is 0. The number of thioether (sulfide) groups is 1. The minimum absolute atomic E-state index is 0.225. The van der Waals surface area contributed by atoms with E-state index in [2.05, 4.69) is 12.2 Å². The Bertz CT molecular complexity index is 1020. The first-order valence-corrected chi connectivity index (χ1v) is 12.3. The van der Waals surface area contributed by atoms with Gasteiger partial charge in [0.05, 0.1) is 11.3 Å². The van der Waals surface area contributed by atoms with Crippen LogP contribution in [0.4, 0.5) is 10.7 Å². The van der Waals surface area contributed by atoms with Gasteiger partial charge in [0.2, 0.25) is 5.91 Å². The minimum Gasteiger partial charge on any atom is -0.452 e. The van der Waals surface area contributed by atoms with Crippen LogP contribution >= 0.6 is 23.1 Å². The number of para-hydroxylation sites is 1. The van der Waals surface area contributed by atoms with Gasteiger partial charge in [-0.2, -0.15) is 0 Å². The molecule has 0 saturated heterocycles. The summed E-state index contributed by atoms with van der Waals surface area (Å²) < 4.78 is 5.49. The lowest BCUT2D eigenvalue weighted by molar-refractivity contribution is -0.121. The number of carbonyl (C=O) groups is 3. The summed E-state index contributed by atoms with van der Waals surface area (Å²) in [5.74, 6) is -1.00. The molecule has 4 rings (SSSR count). The third-order valence-electron chi connectivity index (χ3n) is 5.54. The second kappa shape index (κ2) is 9.44. The highest BCUT2D eigenvalue weighted by molar-refractivity contribution is 8.00. The van der Waals surface area contributed by atoms with E-state index in [0.717, 1.165) is 53.1 Å². The molecule has 6 nitrogen and oxygen atoms in total. The average Bonchev–Trinajstić information content (AvgIpc) is 3.00. The van der Waals surface area contributed by atoms with Gasteiger partial charge in [0.25, 0.3) is 5.91 Å². The van der Waals surface area contributed by atoms with Gasteiger partial charge >= 0.3 is 5.97 Å². The van der Waals surface area contributed by atoms with E-state index in [1.54, 1.807) is 16.7 Å². The molecule has 2 aliphatic rings. The zero-order valence-electron chi connectivity index (χ0n) is 17.7. The van der Waals surface area contributed by atoms with Gasteiger partial charge in [-0.1, -0.05) is 19.1 Å². The number of esters is 1. The standard InChI is InChI=1S/C23H26N2O4S2/c1-14-11-12-25(17-8-4-6-10-19(17)30-14)20(27)13-29-23(28)21-16-7-3-5-9-18(16)31-22(21)24-15(2)26/h4,6,8,10,14H,3,5,7,9,11-13H2,1-2H3,(H,24,26). The Morgan fingerprint density at radius 1 is 1.19 bits per heavy atom. The molecule has 1 aromatic carbocycles. The van der Waals surface area contributed by atoms with Crippen LogP contribution in [0.15, 0.2) is 29.2 Å². The lowest BCUT2D eigenvalue weighted by Crippen LogP contribution is -2.36. The molecule has 2 aromatic rings. The van der Waals surface area contributed by atoms with E-state index >= 15 is 0 Å². The highest BCUT2D eigenvalue weighted by atomic mass is 32.2. The van der Waals surface area contributed by atoms with Crippen LogP contribution in [0.25, 0.3) is 0 Å². The summed E-state index contributed by atoms with van der Waals surface area (Å²) in [4.78, 5) is 41.5. The van der Waals surface area contributed by atoms with Crippen molar-refractivity contribution in [2.45, 2.75) is 56.1 Å². The fourth-order valence-electron chi connectivity index (χ4n) is 4.05. The molecule has 8 heteroatoms. The van der Waals surface area contributed by atoms with Crippen molar-refractivity contribution in [1.29, 1.82) is 0 Å². The van der Waals surface area contributed by atoms with Gasteiger partial charge in [-0.25, -0.2) is 4.79 Å². The van der Waals surface area contributed by atoms with Crippen LogP contribution in [0.5, 0.6) is 0 Å². The Hall–Kier alpha value is -2.32. The van der Waals surface area contributed by atoms with E-state index < -0.39 is 5.97 Å². The Labute approximate surface area is 190 Å². The van der Waals surface area contributed by atoms with Crippen LogP contribution in [0, 0.1) is 0 Å². The smallest absolute Gasteiger partial charge is 0.341 e. The SMILES string of the molecule is CC(=O)Nc1sc2c(c1C(=O)OCC(=O)N1CCC(C)Sc3ccccc31)CCCC2. The van der Waals surface area contributed by atoms with Gasteiger partial charge in [0.1, 0.15) is 5.00 Å². The van der Waals surface area contributed by atoms with Crippen molar-refractivity contribution >= 4 is 51.6 Å². The second-order valence-electron chi connectivity index (χ2n) is 7.90. The number of nitrogens with one attached hydrogen (secondary N) is 1. The first kappa shape index (κ1) is 21.9. The number of thiophene rings is 1. The molecular formula is C23H26N2O4S2. The zero-order chi connectivity index (χ0) is 22.0. The molecule has 0 radical (unpaired) electrons. The first-order chi connectivity index (χ1) is 14.9. The van der Waals surface area contributed by atoms with E-state index in [0.29, 0.717) is 22.4 Å². The number of ether oxygens (including phenoxy) is 1. The van der Waals surface area contributed by atoms with Crippen LogP contribution in [0.1, 0.15) is 53.9 Å². The van der Waals surface area contributed by atoms with Crippen molar-refractivity contribution in [3.05, 3.63) is 40.3 Å². The van der Waals surface area contributed by atoms with Gasteiger partial charge in [-0.15, -0.1) is 23.1 Å². The molecule has 0 fully saturated rings. The number of benzene rings is 1. The number of nitrogens with zero attached hydrogens (tertiary/aromatic N) is 1. The normalized spacial score (nSPS) is 17.9. The Morgan fingerprint density at radius 3 is 2.77 bits per heavy atom. The van der Waals surface area contributed by atoms with Crippen molar-refractivity contribution in [2.75, 3.05) is 23.4 Å². The molecule has 1 aliphatic heterocycles. The molecule has 1 unspecified atom stereocenters. The van der Waals surface area contributed by atoms with Crippen LogP contribution in [-0.4, -0.2) is 36.2 Å². The average molecular weight is 459 g/mol. The second-order valence-corrected chi connectivity index (χ2v) is 10.5. The van der Waals surface area contributed by atoms with E-state index in [1.807, 2.05) is 24.3 Å². The monoisotopic (exact) mass is 458 g/mol. The van der Waals surface area contributed by atoms with E-state index in [4.69, 9.17) is 4.74 Å². The van der Waals surface area contributed by atoms with E-state index in [9.17, 15) is 14.4 Å². The Kier molecular flexibility index (Phi) is 6.67. The number of aryl methyl sites for hydroxylation is 1. The highest BCUT2D eigenvalue weighted by Crippen LogP contribution is 2.39.